The van der Waals surface area contributed by atoms with E-state index in [-0.39, 0.29) is 16.3 Å². The van der Waals surface area contributed by atoms with Crippen LogP contribution in [0, 0.1) is 12.7 Å². The van der Waals surface area contributed by atoms with Gasteiger partial charge < -0.3 is 4.98 Å². The summed E-state index contributed by atoms with van der Waals surface area (Å²) in [6.07, 6.45) is 0. The number of aromatic nitrogens is 2. The Bertz CT molecular complexity index is 642. The number of hydrogen-bond acceptors (Lipinski definition) is 2. The van der Waals surface area contributed by atoms with E-state index in [1.165, 1.54) is 6.07 Å². The summed E-state index contributed by atoms with van der Waals surface area (Å²) in [5.41, 5.74) is 0.558. The number of halogens is 3. The van der Waals surface area contributed by atoms with Crippen LogP contribution >= 0.6 is 27.5 Å². The first-order valence-electron chi connectivity index (χ1n) is 4.71. The molecule has 17 heavy (non-hydrogen) atoms. The third kappa shape index (κ3) is 2.40. The molecule has 1 aromatic heterocycles. The number of nitrogens with zero attached hydrogens (tertiary/aromatic N) is 1. The second kappa shape index (κ2) is 4.58. The molecule has 0 aliphatic carbocycles. The number of rotatable bonds is 1. The highest BCUT2D eigenvalue weighted by molar-refractivity contribution is 9.10. The van der Waals surface area contributed by atoms with Gasteiger partial charge in [-0.2, -0.15) is 4.98 Å². The van der Waals surface area contributed by atoms with E-state index in [0.717, 1.165) is 0 Å². The minimum absolute atomic E-state index is 0.0257. The van der Waals surface area contributed by atoms with Crippen LogP contribution in [0.1, 0.15) is 5.69 Å². The Morgan fingerprint density at radius 2 is 2.18 bits per heavy atom. The lowest BCUT2D eigenvalue weighted by Crippen LogP contribution is -2.12. The van der Waals surface area contributed by atoms with Crippen LogP contribution in [0.25, 0.3) is 11.3 Å². The molecule has 0 aliphatic rings. The predicted octanol–water partition coefficient (Wildman–Crippen LogP) is 3.30. The molecular formula is C11H7BrClFN2O. The van der Waals surface area contributed by atoms with Gasteiger partial charge in [0, 0.05) is 15.7 Å². The van der Waals surface area contributed by atoms with Gasteiger partial charge >= 0.3 is 5.69 Å². The summed E-state index contributed by atoms with van der Waals surface area (Å²) in [5, 5.41) is -0.0257. The Morgan fingerprint density at radius 1 is 1.47 bits per heavy atom. The van der Waals surface area contributed by atoms with Crippen molar-refractivity contribution in [1.29, 1.82) is 0 Å². The molecule has 2 rings (SSSR count). The van der Waals surface area contributed by atoms with Crippen LogP contribution in [0.2, 0.25) is 5.02 Å². The molecule has 3 nitrogen and oxygen atoms in total. The third-order valence-electron chi connectivity index (χ3n) is 2.19. The molecule has 0 aliphatic heterocycles. The third-order valence-corrected chi connectivity index (χ3v) is 3.45. The highest BCUT2D eigenvalue weighted by Gasteiger charge is 2.13. The number of aromatic amines is 1. The Balaban J connectivity index is 2.69. The number of nitrogens with one attached hydrogen (secondary N) is 1. The van der Waals surface area contributed by atoms with Crippen LogP contribution in [0.5, 0.6) is 0 Å². The van der Waals surface area contributed by atoms with Gasteiger partial charge in [0.1, 0.15) is 0 Å². The van der Waals surface area contributed by atoms with E-state index in [0.29, 0.717) is 10.2 Å². The second-order valence-electron chi connectivity index (χ2n) is 3.48. The Morgan fingerprint density at radius 3 is 2.82 bits per heavy atom. The van der Waals surface area contributed by atoms with Gasteiger partial charge in [0.2, 0.25) is 0 Å². The molecule has 0 bridgehead atoms. The fourth-order valence-electron chi connectivity index (χ4n) is 1.44. The molecule has 0 saturated heterocycles. The van der Waals surface area contributed by atoms with Crippen molar-refractivity contribution in [1.82, 2.24) is 9.97 Å². The van der Waals surface area contributed by atoms with Gasteiger partial charge in [0.15, 0.2) is 5.82 Å². The van der Waals surface area contributed by atoms with E-state index < -0.39 is 11.5 Å². The topological polar surface area (TPSA) is 45.8 Å². The standard InChI is InChI=1S/C11H7BrClFN2O/c1-5-4-8(16-11(17)15-5)6-2-3-7(12)9(13)10(6)14/h2-4H,1H3,(H,15,16,17). The van der Waals surface area contributed by atoms with E-state index in [1.54, 1.807) is 19.1 Å². The number of hydrogen-bond donors (Lipinski definition) is 1. The van der Waals surface area contributed by atoms with Crippen LogP contribution in [-0.2, 0) is 0 Å². The van der Waals surface area contributed by atoms with Gasteiger partial charge in [-0.25, -0.2) is 9.18 Å². The predicted molar refractivity (Wildman–Crippen MR) is 67.7 cm³/mol. The van der Waals surface area contributed by atoms with E-state index in [1.807, 2.05) is 0 Å². The molecule has 0 saturated carbocycles. The number of aryl methyl sites for hydroxylation is 1. The van der Waals surface area contributed by atoms with Crippen molar-refractivity contribution in [2.75, 3.05) is 0 Å². The van der Waals surface area contributed by atoms with Gasteiger partial charge in [-0.1, -0.05) is 11.6 Å². The first kappa shape index (κ1) is 12.3. The largest absolute Gasteiger partial charge is 0.345 e. The molecule has 6 heteroatoms. The van der Waals surface area contributed by atoms with Gasteiger partial charge in [0.05, 0.1) is 10.7 Å². The van der Waals surface area contributed by atoms with Crippen molar-refractivity contribution >= 4 is 27.5 Å². The molecule has 88 valence electrons. The molecule has 1 N–H and O–H groups in total. The lowest BCUT2D eigenvalue weighted by Gasteiger charge is -2.05. The fourth-order valence-corrected chi connectivity index (χ4v) is 1.91. The van der Waals surface area contributed by atoms with E-state index in [2.05, 4.69) is 25.9 Å². The summed E-state index contributed by atoms with van der Waals surface area (Å²) in [5.74, 6) is -0.599. The average molecular weight is 318 g/mol. The Hall–Kier alpha value is -1.20. The minimum atomic E-state index is -0.599. The summed E-state index contributed by atoms with van der Waals surface area (Å²) >= 11 is 8.90. The van der Waals surface area contributed by atoms with Crippen molar-refractivity contribution in [2.45, 2.75) is 6.92 Å². The zero-order valence-electron chi connectivity index (χ0n) is 8.72. The zero-order valence-corrected chi connectivity index (χ0v) is 11.1. The van der Waals surface area contributed by atoms with Crippen LogP contribution in [0.15, 0.2) is 27.5 Å². The highest BCUT2D eigenvalue weighted by atomic mass is 79.9. The van der Waals surface area contributed by atoms with Crippen LogP contribution < -0.4 is 5.69 Å². The van der Waals surface area contributed by atoms with Gasteiger partial charge in [-0.3, -0.25) is 0 Å². The molecule has 0 atom stereocenters. The second-order valence-corrected chi connectivity index (χ2v) is 4.71. The first-order chi connectivity index (χ1) is 7.99. The summed E-state index contributed by atoms with van der Waals surface area (Å²) in [6, 6.07) is 4.72. The summed E-state index contributed by atoms with van der Waals surface area (Å²) in [6.45, 7) is 1.70. The fraction of sp³-hybridized carbons (Fsp3) is 0.0909. The maximum atomic E-state index is 13.9. The molecule has 0 radical (unpaired) electrons. The van der Waals surface area contributed by atoms with Crippen molar-refractivity contribution in [3.05, 3.63) is 49.7 Å². The van der Waals surface area contributed by atoms with Crippen molar-refractivity contribution < 1.29 is 4.39 Å². The molecular weight excluding hydrogens is 310 g/mol. The van der Waals surface area contributed by atoms with Crippen LogP contribution in [0.4, 0.5) is 4.39 Å². The number of benzene rings is 1. The monoisotopic (exact) mass is 316 g/mol. The van der Waals surface area contributed by atoms with E-state index >= 15 is 0 Å². The molecule has 0 amide bonds. The van der Waals surface area contributed by atoms with E-state index in [4.69, 9.17) is 11.6 Å². The maximum Gasteiger partial charge on any atom is 0.345 e. The maximum absolute atomic E-state index is 13.9. The Kier molecular flexibility index (Phi) is 3.31. The normalized spacial score (nSPS) is 10.6. The summed E-state index contributed by atoms with van der Waals surface area (Å²) in [4.78, 5) is 17.4. The van der Waals surface area contributed by atoms with Crippen LogP contribution in [-0.4, -0.2) is 9.97 Å². The average Bonchev–Trinajstić information content (AvgIpc) is 2.24. The molecule has 1 aromatic carbocycles. The molecule has 2 aromatic rings. The van der Waals surface area contributed by atoms with Crippen LogP contribution in [0.3, 0.4) is 0 Å². The van der Waals surface area contributed by atoms with Gasteiger partial charge in [0.25, 0.3) is 0 Å². The van der Waals surface area contributed by atoms with Gasteiger partial charge in [-0.05, 0) is 41.1 Å². The smallest absolute Gasteiger partial charge is 0.310 e. The number of H-pyrrole nitrogens is 1. The van der Waals surface area contributed by atoms with Gasteiger partial charge in [-0.15, -0.1) is 0 Å². The Labute approximate surface area is 110 Å². The molecule has 0 spiro atoms. The molecule has 1 heterocycles. The van der Waals surface area contributed by atoms with Crippen molar-refractivity contribution in [2.24, 2.45) is 0 Å². The summed E-state index contributed by atoms with van der Waals surface area (Å²) in [7, 11) is 0. The zero-order chi connectivity index (χ0) is 12.6. The summed E-state index contributed by atoms with van der Waals surface area (Å²) < 4.78 is 14.4. The minimum Gasteiger partial charge on any atom is -0.310 e. The van der Waals surface area contributed by atoms with Crippen molar-refractivity contribution in [3.63, 3.8) is 0 Å². The van der Waals surface area contributed by atoms with Crippen molar-refractivity contribution in [3.8, 4) is 11.3 Å². The quantitative estimate of drug-likeness (QED) is 0.820. The van der Waals surface area contributed by atoms with E-state index in [9.17, 15) is 9.18 Å². The molecule has 0 fully saturated rings. The first-order valence-corrected chi connectivity index (χ1v) is 5.88. The lowest BCUT2D eigenvalue weighted by molar-refractivity contribution is 0.630. The molecule has 0 unspecified atom stereocenters. The highest BCUT2D eigenvalue weighted by Crippen LogP contribution is 2.31. The SMILES string of the molecule is Cc1cc(-c2ccc(Br)c(Cl)c2F)nc(=O)[nH]1. The lowest BCUT2D eigenvalue weighted by atomic mass is 10.1.